The second-order valence-corrected chi connectivity index (χ2v) is 4.31. The molecule has 1 aromatic heterocycles. The highest BCUT2D eigenvalue weighted by Gasteiger charge is 2.07. The normalized spacial score (nSPS) is 10.2. The van der Waals surface area contributed by atoms with Crippen molar-refractivity contribution in [1.29, 1.82) is 0 Å². The minimum atomic E-state index is -0.534. The molecule has 1 N–H and O–H groups in total. The van der Waals surface area contributed by atoms with Gasteiger partial charge in [0, 0.05) is 24.7 Å². The van der Waals surface area contributed by atoms with Crippen LogP contribution in [-0.2, 0) is 11.3 Å². The lowest BCUT2D eigenvalue weighted by atomic mass is 10.3. The van der Waals surface area contributed by atoms with Crippen LogP contribution in [0.4, 0.5) is 0 Å². The van der Waals surface area contributed by atoms with E-state index in [1.807, 2.05) is 0 Å². The Hall–Kier alpha value is -1.15. The molecule has 0 aromatic carbocycles. The highest BCUT2D eigenvalue weighted by atomic mass is 32.2. The van der Waals surface area contributed by atoms with Crippen LogP contribution < -0.4 is 11.2 Å². The molecule has 1 aromatic rings. The van der Waals surface area contributed by atoms with Gasteiger partial charge in [0.25, 0.3) is 5.56 Å². The van der Waals surface area contributed by atoms with Crippen LogP contribution in [0.15, 0.2) is 15.8 Å². The van der Waals surface area contributed by atoms with Gasteiger partial charge in [-0.3, -0.25) is 19.1 Å². The molecule has 0 radical (unpaired) electrons. The van der Waals surface area contributed by atoms with Gasteiger partial charge >= 0.3 is 5.69 Å². The summed E-state index contributed by atoms with van der Waals surface area (Å²) in [6.07, 6.45) is 1.49. The molecule has 0 spiro atoms. The van der Waals surface area contributed by atoms with Crippen molar-refractivity contribution in [3.8, 4) is 0 Å². The highest BCUT2D eigenvalue weighted by molar-refractivity contribution is 7.94. The first-order valence-corrected chi connectivity index (χ1v) is 5.23. The smallest absolute Gasteiger partial charge is 0.300 e. The first-order chi connectivity index (χ1) is 7.41. The Balaban J connectivity index is 2.83. The SMILES string of the molecule is Cc1cn(CCC(=O)N(S)S)c(=O)[nH]c1=O. The van der Waals surface area contributed by atoms with Crippen molar-refractivity contribution in [2.75, 3.05) is 0 Å². The van der Waals surface area contributed by atoms with Gasteiger partial charge in [0.2, 0.25) is 5.91 Å². The molecule has 1 rings (SSSR count). The minimum Gasteiger partial charge on any atom is -0.300 e. The van der Waals surface area contributed by atoms with Gasteiger partial charge in [-0.2, -0.15) is 0 Å². The van der Waals surface area contributed by atoms with Gasteiger partial charge in [-0.05, 0) is 6.92 Å². The quantitative estimate of drug-likeness (QED) is 0.657. The number of nitrogens with one attached hydrogen (secondary N) is 1. The fourth-order valence-electron chi connectivity index (χ4n) is 1.10. The lowest BCUT2D eigenvalue weighted by Gasteiger charge is -2.08. The molecule has 1 amide bonds. The van der Waals surface area contributed by atoms with Gasteiger partial charge in [-0.1, -0.05) is 25.6 Å². The molecule has 88 valence electrons. The maximum Gasteiger partial charge on any atom is 0.328 e. The summed E-state index contributed by atoms with van der Waals surface area (Å²) in [7, 11) is 0. The van der Waals surface area contributed by atoms with E-state index in [0.29, 0.717) is 5.56 Å². The number of H-pyrrole nitrogens is 1. The molecule has 0 aliphatic heterocycles. The summed E-state index contributed by atoms with van der Waals surface area (Å²) >= 11 is 7.41. The van der Waals surface area contributed by atoms with E-state index in [-0.39, 0.29) is 18.9 Å². The maximum absolute atomic E-state index is 11.3. The predicted molar refractivity (Wildman–Crippen MR) is 65.5 cm³/mol. The van der Waals surface area contributed by atoms with Gasteiger partial charge < -0.3 is 0 Å². The first kappa shape index (κ1) is 12.9. The monoisotopic (exact) mass is 261 g/mol. The number of nitrogens with zero attached hydrogens (tertiary/aromatic N) is 2. The molecular weight excluding hydrogens is 250 g/mol. The van der Waals surface area contributed by atoms with E-state index in [0.717, 1.165) is 3.71 Å². The Labute approximate surface area is 102 Å². The van der Waals surface area contributed by atoms with Crippen LogP contribution in [0.25, 0.3) is 0 Å². The molecular formula is C8H11N3O3S2. The summed E-state index contributed by atoms with van der Waals surface area (Å²) in [5.41, 5.74) is -0.536. The molecule has 0 unspecified atom stereocenters. The molecule has 0 saturated carbocycles. The largest absolute Gasteiger partial charge is 0.328 e. The van der Waals surface area contributed by atoms with Crippen LogP contribution in [0.3, 0.4) is 0 Å². The summed E-state index contributed by atoms with van der Waals surface area (Å²) in [6, 6.07) is 0. The topological polar surface area (TPSA) is 75.2 Å². The average molecular weight is 261 g/mol. The number of hydrogen-bond acceptors (Lipinski definition) is 5. The van der Waals surface area contributed by atoms with Gasteiger partial charge in [0.1, 0.15) is 0 Å². The van der Waals surface area contributed by atoms with Crippen molar-refractivity contribution in [2.45, 2.75) is 19.9 Å². The highest BCUT2D eigenvalue weighted by Crippen LogP contribution is 2.01. The van der Waals surface area contributed by atoms with E-state index in [9.17, 15) is 14.4 Å². The summed E-state index contributed by atoms with van der Waals surface area (Å²) in [6.45, 7) is 1.76. The second kappa shape index (κ2) is 5.26. The number of aromatic nitrogens is 2. The Morgan fingerprint density at radius 2 is 2.12 bits per heavy atom. The lowest BCUT2D eigenvalue weighted by Crippen LogP contribution is -2.31. The van der Waals surface area contributed by atoms with E-state index in [1.54, 1.807) is 6.92 Å². The minimum absolute atomic E-state index is 0.0817. The molecule has 0 aliphatic carbocycles. The fourth-order valence-corrected chi connectivity index (χ4v) is 1.30. The Kier molecular flexibility index (Phi) is 4.25. The predicted octanol–water partition coefficient (Wildman–Crippen LogP) is -0.247. The number of aryl methyl sites for hydroxylation is 2. The van der Waals surface area contributed by atoms with Crippen LogP contribution >= 0.6 is 25.6 Å². The van der Waals surface area contributed by atoms with Crippen LogP contribution in [0.2, 0.25) is 0 Å². The summed E-state index contributed by atoms with van der Waals surface area (Å²) < 4.78 is 2.11. The molecule has 0 atom stereocenters. The van der Waals surface area contributed by atoms with Gasteiger partial charge in [0.05, 0.1) is 0 Å². The molecule has 16 heavy (non-hydrogen) atoms. The number of rotatable bonds is 3. The van der Waals surface area contributed by atoms with Gasteiger partial charge in [-0.15, -0.1) is 0 Å². The standard InChI is InChI=1S/C8H11N3O3S2/c1-5-4-10(8(14)9-7(5)13)3-2-6(12)11(15)16/h4,15-16H,2-3H2,1H3,(H,9,13,14). The average Bonchev–Trinajstić information content (AvgIpc) is 2.20. The van der Waals surface area contributed by atoms with E-state index in [2.05, 4.69) is 30.6 Å². The molecule has 8 heteroatoms. The van der Waals surface area contributed by atoms with Crippen molar-refractivity contribution in [3.63, 3.8) is 0 Å². The lowest BCUT2D eigenvalue weighted by molar-refractivity contribution is -0.122. The number of amides is 1. The molecule has 0 saturated heterocycles. The van der Waals surface area contributed by atoms with Crippen molar-refractivity contribution in [3.05, 3.63) is 32.6 Å². The fraction of sp³-hybridized carbons (Fsp3) is 0.375. The number of carbonyl (C=O) groups excluding carboxylic acids is 1. The zero-order chi connectivity index (χ0) is 12.3. The van der Waals surface area contributed by atoms with Crippen LogP contribution in [-0.4, -0.2) is 19.2 Å². The van der Waals surface area contributed by atoms with E-state index in [4.69, 9.17) is 0 Å². The van der Waals surface area contributed by atoms with Crippen molar-refractivity contribution in [1.82, 2.24) is 13.3 Å². The zero-order valence-corrected chi connectivity index (χ0v) is 10.3. The Morgan fingerprint density at radius 3 is 2.69 bits per heavy atom. The van der Waals surface area contributed by atoms with Crippen LogP contribution in [0, 0.1) is 6.92 Å². The molecule has 0 aliphatic rings. The molecule has 0 bridgehead atoms. The van der Waals surface area contributed by atoms with Crippen molar-refractivity contribution < 1.29 is 4.79 Å². The zero-order valence-electron chi connectivity index (χ0n) is 8.51. The summed E-state index contributed by atoms with van der Waals surface area (Å²) in [5, 5.41) is 0. The summed E-state index contributed by atoms with van der Waals surface area (Å²) in [4.78, 5) is 35.7. The van der Waals surface area contributed by atoms with Crippen molar-refractivity contribution >= 4 is 31.5 Å². The van der Waals surface area contributed by atoms with Crippen LogP contribution in [0.1, 0.15) is 12.0 Å². The maximum atomic E-state index is 11.3. The Bertz CT molecular complexity index is 506. The number of aromatic amines is 1. The van der Waals surface area contributed by atoms with Crippen LogP contribution in [0.5, 0.6) is 0 Å². The van der Waals surface area contributed by atoms with E-state index >= 15 is 0 Å². The Morgan fingerprint density at radius 1 is 1.50 bits per heavy atom. The second-order valence-electron chi connectivity index (χ2n) is 3.20. The third kappa shape index (κ3) is 3.17. The van der Waals surface area contributed by atoms with Gasteiger partial charge in [0.15, 0.2) is 0 Å². The van der Waals surface area contributed by atoms with Crippen molar-refractivity contribution in [2.24, 2.45) is 0 Å². The number of thiol groups is 2. The third-order valence-electron chi connectivity index (χ3n) is 1.98. The van der Waals surface area contributed by atoms with Gasteiger partial charge in [-0.25, -0.2) is 8.51 Å². The molecule has 0 fully saturated rings. The third-order valence-corrected chi connectivity index (χ3v) is 2.42. The molecule has 1 heterocycles. The molecule has 6 nitrogen and oxygen atoms in total. The first-order valence-electron chi connectivity index (χ1n) is 4.43. The number of hydrogen-bond donors (Lipinski definition) is 3. The van der Waals surface area contributed by atoms with E-state index < -0.39 is 11.2 Å². The summed E-state index contributed by atoms with van der Waals surface area (Å²) in [5.74, 6) is -0.331. The van der Waals surface area contributed by atoms with E-state index in [1.165, 1.54) is 10.8 Å². The number of carbonyl (C=O) groups is 1.